The Morgan fingerprint density at radius 3 is 2.94 bits per heavy atom. The lowest BCUT2D eigenvalue weighted by Gasteiger charge is -2.09. The van der Waals surface area contributed by atoms with Crippen LogP contribution in [-0.4, -0.2) is 23.5 Å². The van der Waals surface area contributed by atoms with Crippen molar-refractivity contribution in [1.82, 2.24) is 4.98 Å². The predicted octanol–water partition coefficient (Wildman–Crippen LogP) is 4.55. The predicted molar refractivity (Wildman–Crippen MR) is 85.5 cm³/mol. The molecule has 2 rings (SSSR count). The summed E-state index contributed by atoms with van der Waals surface area (Å²) < 4.78 is 1.12. The highest BCUT2D eigenvalue weighted by atomic mass is 79.9. The SMILES string of the molecule is CSCCCCNc1nccc2c(Br)cccc12. The minimum atomic E-state index is 0.984. The third-order valence-corrected chi connectivity index (χ3v) is 4.21. The van der Waals surface area contributed by atoms with Crippen LogP contribution in [0.3, 0.4) is 0 Å². The van der Waals surface area contributed by atoms with Crippen molar-refractivity contribution in [2.45, 2.75) is 12.8 Å². The van der Waals surface area contributed by atoms with E-state index < -0.39 is 0 Å². The highest BCUT2D eigenvalue weighted by Gasteiger charge is 2.03. The van der Waals surface area contributed by atoms with Crippen LogP contribution in [0.2, 0.25) is 0 Å². The lowest BCUT2D eigenvalue weighted by molar-refractivity contribution is 0.841. The van der Waals surface area contributed by atoms with Gasteiger partial charge in [-0.05, 0) is 37.0 Å². The van der Waals surface area contributed by atoms with Crippen molar-refractivity contribution in [1.29, 1.82) is 0 Å². The molecule has 0 aliphatic carbocycles. The lowest BCUT2D eigenvalue weighted by atomic mass is 10.1. The van der Waals surface area contributed by atoms with E-state index in [0.29, 0.717) is 0 Å². The highest BCUT2D eigenvalue weighted by molar-refractivity contribution is 9.10. The van der Waals surface area contributed by atoms with Gasteiger partial charge in [0.05, 0.1) is 0 Å². The number of hydrogen-bond acceptors (Lipinski definition) is 3. The van der Waals surface area contributed by atoms with E-state index in [1.54, 1.807) is 0 Å². The number of halogens is 1. The van der Waals surface area contributed by atoms with Gasteiger partial charge < -0.3 is 5.32 Å². The molecule has 0 atom stereocenters. The summed E-state index contributed by atoms with van der Waals surface area (Å²) >= 11 is 5.48. The number of fused-ring (bicyclic) bond motifs is 1. The summed E-state index contributed by atoms with van der Waals surface area (Å²) in [4.78, 5) is 4.43. The molecule has 0 fully saturated rings. The van der Waals surface area contributed by atoms with Crippen LogP contribution in [0, 0.1) is 0 Å². The first-order chi connectivity index (χ1) is 8.83. The van der Waals surface area contributed by atoms with Crippen molar-refractivity contribution in [2.24, 2.45) is 0 Å². The second kappa shape index (κ2) is 7.00. The average Bonchev–Trinajstić information content (AvgIpc) is 2.39. The molecule has 96 valence electrons. The van der Waals surface area contributed by atoms with Crippen LogP contribution in [0.25, 0.3) is 10.8 Å². The van der Waals surface area contributed by atoms with Gasteiger partial charge in [0, 0.05) is 28.0 Å². The maximum Gasteiger partial charge on any atom is 0.133 e. The van der Waals surface area contributed by atoms with Crippen molar-refractivity contribution in [2.75, 3.05) is 23.9 Å². The largest absolute Gasteiger partial charge is 0.370 e. The first-order valence-electron chi connectivity index (χ1n) is 6.09. The zero-order valence-corrected chi connectivity index (χ0v) is 12.9. The molecule has 1 aromatic carbocycles. The summed E-state index contributed by atoms with van der Waals surface area (Å²) in [6.45, 7) is 0.985. The van der Waals surface area contributed by atoms with Gasteiger partial charge in [-0.2, -0.15) is 11.8 Å². The zero-order chi connectivity index (χ0) is 12.8. The standard InChI is InChI=1S/C14H17BrN2S/c1-18-10-3-2-8-16-14-12-5-4-6-13(15)11(12)7-9-17-14/h4-7,9H,2-3,8,10H2,1H3,(H,16,17). The third kappa shape index (κ3) is 3.39. The Kier molecular flexibility index (Phi) is 5.32. The van der Waals surface area contributed by atoms with E-state index in [2.05, 4.69) is 44.6 Å². The van der Waals surface area contributed by atoms with Gasteiger partial charge in [0.2, 0.25) is 0 Å². The molecule has 0 spiro atoms. The van der Waals surface area contributed by atoms with Crippen LogP contribution >= 0.6 is 27.7 Å². The Morgan fingerprint density at radius 2 is 2.11 bits per heavy atom. The van der Waals surface area contributed by atoms with Crippen molar-refractivity contribution in [3.05, 3.63) is 34.9 Å². The van der Waals surface area contributed by atoms with Gasteiger partial charge in [0.25, 0.3) is 0 Å². The molecule has 0 radical (unpaired) electrons. The molecular formula is C14H17BrN2S. The lowest BCUT2D eigenvalue weighted by Crippen LogP contribution is -2.04. The van der Waals surface area contributed by atoms with E-state index in [1.165, 1.54) is 29.4 Å². The highest BCUT2D eigenvalue weighted by Crippen LogP contribution is 2.27. The molecule has 0 unspecified atom stereocenters. The average molecular weight is 325 g/mol. The maximum absolute atomic E-state index is 4.43. The van der Waals surface area contributed by atoms with Gasteiger partial charge in [0.1, 0.15) is 5.82 Å². The van der Waals surface area contributed by atoms with Gasteiger partial charge in [-0.25, -0.2) is 4.98 Å². The fraction of sp³-hybridized carbons (Fsp3) is 0.357. The molecule has 0 aliphatic rings. The monoisotopic (exact) mass is 324 g/mol. The van der Waals surface area contributed by atoms with Crippen molar-refractivity contribution in [3.63, 3.8) is 0 Å². The van der Waals surface area contributed by atoms with Crippen LogP contribution in [-0.2, 0) is 0 Å². The maximum atomic E-state index is 4.43. The Labute approximate surface area is 121 Å². The number of thioether (sulfide) groups is 1. The van der Waals surface area contributed by atoms with Crippen molar-refractivity contribution < 1.29 is 0 Å². The summed E-state index contributed by atoms with van der Waals surface area (Å²) in [6, 6.07) is 8.26. The number of unbranched alkanes of at least 4 members (excludes halogenated alkanes) is 1. The number of aromatic nitrogens is 1. The fourth-order valence-electron chi connectivity index (χ4n) is 1.89. The number of rotatable bonds is 6. The topological polar surface area (TPSA) is 24.9 Å². The molecule has 18 heavy (non-hydrogen) atoms. The summed E-state index contributed by atoms with van der Waals surface area (Å²) in [5, 5.41) is 5.82. The van der Waals surface area contributed by atoms with Gasteiger partial charge >= 0.3 is 0 Å². The number of nitrogens with zero attached hydrogens (tertiary/aromatic N) is 1. The van der Waals surface area contributed by atoms with Crippen LogP contribution in [0.5, 0.6) is 0 Å². The molecule has 2 aromatic rings. The normalized spacial score (nSPS) is 10.8. The Bertz CT molecular complexity index is 516. The smallest absolute Gasteiger partial charge is 0.133 e. The van der Waals surface area contributed by atoms with Crippen molar-refractivity contribution >= 4 is 44.3 Å². The van der Waals surface area contributed by atoms with Gasteiger partial charge in [0.15, 0.2) is 0 Å². The molecule has 1 aromatic heterocycles. The number of anilines is 1. The summed E-state index contributed by atoms with van der Waals surface area (Å²) in [6.07, 6.45) is 6.45. The van der Waals surface area contributed by atoms with E-state index in [-0.39, 0.29) is 0 Å². The minimum Gasteiger partial charge on any atom is -0.370 e. The van der Waals surface area contributed by atoms with E-state index in [9.17, 15) is 0 Å². The molecule has 0 saturated carbocycles. The van der Waals surface area contributed by atoms with Crippen molar-refractivity contribution in [3.8, 4) is 0 Å². The molecule has 0 aliphatic heterocycles. The molecule has 0 amide bonds. The summed E-state index contributed by atoms with van der Waals surface area (Å²) in [7, 11) is 0. The van der Waals surface area contributed by atoms with Crippen LogP contribution in [0.15, 0.2) is 34.9 Å². The van der Waals surface area contributed by atoms with Gasteiger partial charge in [-0.1, -0.05) is 28.1 Å². The Balaban J connectivity index is 2.07. The summed E-state index contributed by atoms with van der Waals surface area (Å²) in [5.41, 5.74) is 0. The fourth-order valence-corrected chi connectivity index (χ4v) is 2.88. The number of benzene rings is 1. The Hall–Kier alpha value is -0.740. The molecule has 1 heterocycles. The van der Waals surface area contributed by atoms with E-state index >= 15 is 0 Å². The van der Waals surface area contributed by atoms with Gasteiger partial charge in [-0.15, -0.1) is 0 Å². The number of pyridine rings is 1. The molecule has 4 heteroatoms. The summed E-state index contributed by atoms with van der Waals surface area (Å²) in [5.74, 6) is 2.22. The third-order valence-electron chi connectivity index (χ3n) is 2.82. The molecule has 0 saturated heterocycles. The van der Waals surface area contributed by atoms with E-state index in [0.717, 1.165) is 16.8 Å². The quantitative estimate of drug-likeness (QED) is 0.789. The Morgan fingerprint density at radius 1 is 1.22 bits per heavy atom. The van der Waals surface area contributed by atoms with E-state index in [4.69, 9.17) is 0 Å². The van der Waals surface area contributed by atoms with Crippen LogP contribution in [0.1, 0.15) is 12.8 Å². The molecular weight excluding hydrogens is 308 g/mol. The van der Waals surface area contributed by atoms with Crippen LogP contribution < -0.4 is 5.32 Å². The zero-order valence-electron chi connectivity index (χ0n) is 10.4. The minimum absolute atomic E-state index is 0.984. The van der Waals surface area contributed by atoms with Gasteiger partial charge in [-0.3, -0.25) is 0 Å². The first-order valence-corrected chi connectivity index (χ1v) is 8.27. The first kappa shape index (κ1) is 13.7. The molecule has 1 N–H and O–H groups in total. The van der Waals surface area contributed by atoms with E-state index in [1.807, 2.05) is 30.1 Å². The second-order valence-electron chi connectivity index (χ2n) is 4.12. The number of nitrogens with one attached hydrogen (secondary N) is 1. The van der Waals surface area contributed by atoms with Crippen LogP contribution in [0.4, 0.5) is 5.82 Å². The molecule has 0 bridgehead atoms. The molecule has 2 nitrogen and oxygen atoms in total. The second-order valence-corrected chi connectivity index (χ2v) is 5.96. The number of hydrogen-bond donors (Lipinski definition) is 1.